The predicted molar refractivity (Wildman–Crippen MR) is 95.2 cm³/mol. The second-order valence-electron chi connectivity index (χ2n) is 6.32. The highest BCUT2D eigenvalue weighted by molar-refractivity contribution is 7.88. The van der Waals surface area contributed by atoms with Gasteiger partial charge >= 0.3 is 6.03 Å². The molecule has 1 fully saturated rings. The van der Waals surface area contributed by atoms with Gasteiger partial charge in [0, 0.05) is 31.4 Å². The number of amides is 2. The molecule has 1 aromatic carbocycles. The van der Waals surface area contributed by atoms with Crippen LogP contribution in [0.1, 0.15) is 19.3 Å². The summed E-state index contributed by atoms with van der Waals surface area (Å²) in [5.41, 5.74) is -0.517. The smallest absolute Gasteiger partial charge is 0.321 e. The van der Waals surface area contributed by atoms with Gasteiger partial charge in [0.2, 0.25) is 10.0 Å². The minimum Gasteiger partial charge on any atom is -0.497 e. The molecule has 3 N–H and O–H groups in total. The highest BCUT2D eigenvalue weighted by Crippen LogP contribution is 2.23. The monoisotopic (exact) mass is 371 g/mol. The van der Waals surface area contributed by atoms with Gasteiger partial charge in [-0.15, -0.1) is 0 Å². The molecule has 1 saturated heterocycles. The quantitative estimate of drug-likeness (QED) is 0.715. The summed E-state index contributed by atoms with van der Waals surface area (Å²) in [6.07, 6.45) is 2.38. The molecule has 1 aromatic rings. The Morgan fingerprint density at radius 3 is 2.80 bits per heavy atom. The van der Waals surface area contributed by atoms with Crippen molar-refractivity contribution in [1.82, 2.24) is 9.62 Å². The first kappa shape index (κ1) is 19.5. The highest BCUT2D eigenvalue weighted by Gasteiger charge is 2.32. The molecular weight excluding hydrogens is 346 g/mol. The third-order valence-electron chi connectivity index (χ3n) is 4.19. The lowest BCUT2D eigenvalue weighted by atomic mass is 9.95. The number of urea groups is 1. The lowest BCUT2D eigenvalue weighted by Crippen LogP contribution is -2.43. The molecule has 8 nitrogen and oxygen atoms in total. The summed E-state index contributed by atoms with van der Waals surface area (Å²) in [6, 6.07) is 6.81. The number of methoxy groups -OCH3 is 1. The number of ether oxygens (including phenoxy) is 1. The molecule has 0 aromatic heterocycles. The van der Waals surface area contributed by atoms with Crippen LogP contribution in [-0.2, 0) is 10.0 Å². The SMILES string of the molecule is COc1cccc(NC(=O)N2CCCC(O)(CNS(C)(=O)=O)CC2)c1. The normalized spacial score (nSPS) is 21.5. The van der Waals surface area contributed by atoms with E-state index in [9.17, 15) is 18.3 Å². The number of rotatable bonds is 5. The maximum Gasteiger partial charge on any atom is 0.321 e. The van der Waals surface area contributed by atoms with Gasteiger partial charge in [0.15, 0.2) is 0 Å². The Hall–Kier alpha value is -1.84. The fourth-order valence-corrected chi connectivity index (χ4v) is 3.26. The molecule has 1 atom stereocenters. The Bertz CT molecular complexity index is 709. The van der Waals surface area contributed by atoms with E-state index in [0.29, 0.717) is 43.8 Å². The van der Waals surface area contributed by atoms with Crippen LogP contribution in [0, 0.1) is 0 Å². The number of nitrogens with zero attached hydrogens (tertiary/aromatic N) is 1. The second kappa shape index (κ2) is 8.03. The number of anilines is 1. The van der Waals surface area contributed by atoms with E-state index in [2.05, 4.69) is 10.0 Å². The summed E-state index contributed by atoms with van der Waals surface area (Å²) in [4.78, 5) is 14.1. The zero-order valence-electron chi connectivity index (χ0n) is 14.5. The van der Waals surface area contributed by atoms with Gasteiger partial charge in [0.05, 0.1) is 19.0 Å². The maximum absolute atomic E-state index is 12.4. The molecule has 0 radical (unpaired) electrons. The van der Waals surface area contributed by atoms with Gasteiger partial charge in [0.1, 0.15) is 5.75 Å². The number of hydrogen-bond acceptors (Lipinski definition) is 5. The Morgan fingerprint density at radius 2 is 2.12 bits per heavy atom. The maximum atomic E-state index is 12.4. The average Bonchev–Trinajstić information content (AvgIpc) is 2.75. The fourth-order valence-electron chi connectivity index (χ4n) is 2.73. The summed E-state index contributed by atoms with van der Waals surface area (Å²) in [5, 5.41) is 13.4. The van der Waals surface area contributed by atoms with E-state index in [4.69, 9.17) is 4.74 Å². The van der Waals surface area contributed by atoms with Gasteiger partial charge in [0.25, 0.3) is 0 Å². The molecule has 1 aliphatic rings. The van der Waals surface area contributed by atoms with Crippen molar-refractivity contribution < 1.29 is 23.1 Å². The minimum atomic E-state index is -3.37. The van der Waals surface area contributed by atoms with Crippen molar-refractivity contribution in [3.05, 3.63) is 24.3 Å². The van der Waals surface area contributed by atoms with Crippen LogP contribution in [-0.4, -0.2) is 63.1 Å². The topological polar surface area (TPSA) is 108 Å². The van der Waals surface area contributed by atoms with E-state index < -0.39 is 15.6 Å². The summed E-state index contributed by atoms with van der Waals surface area (Å²) in [6.45, 7) is 0.798. The van der Waals surface area contributed by atoms with Crippen LogP contribution in [0.4, 0.5) is 10.5 Å². The summed E-state index contributed by atoms with van der Waals surface area (Å²) in [7, 11) is -1.81. The first-order valence-electron chi connectivity index (χ1n) is 8.08. The van der Waals surface area contributed by atoms with Gasteiger partial charge in [-0.3, -0.25) is 0 Å². The molecule has 0 aliphatic carbocycles. The minimum absolute atomic E-state index is 0.0445. The van der Waals surface area contributed by atoms with E-state index in [-0.39, 0.29) is 12.6 Å². The lowest BCUT2D eigenvalue weighted by Gasteiger charge is -2.27. The number of aliphatic hydroxyl groups is 1. The number of sulfonamides is 1. The third kappa shape index (κ3) is 6.18. The number of carbonyl (C=O) groups is 1. The summed E-state index contributed by atoms with van der Waals surface area (Å²) >= 11 is 0. The molecule has 1 aliphatic heterocycles. The predicted octanol–water partition coefficient (Wildman–Crippen LogP) is 0.993. The second-order valence-corrected chi connectivity index (χ2v) is 8.15. The van der Waals surface area contributed by atoms with E-state index in [1.54, 1.807) is 36.3 Å². The van der Waals surface area contributed by atoms with E-state index in [0.717, 1.165) is 6.26 Å². The Kier molecular flexibility index (Phi) is 6.26. The fraction of sp³-hybridized carbons (Fsp3) is 0.562. The van der Waals surface area contributed by atoms with E-state index in [1.807, 2.05) is 0 Å². The van der Waals surface area contributed by atoms with E-state index in [1.165, 1.54) is 0 Å². The van der Waals surface area contributed by atoms with Crippen molar-refractivity contribution in [3.8, 4) is 5.75 Å². The van der Waals surface area contributed by atoms with Crippen molar-refractivity contribution in [2.24, 2.45) is 0 Å². The van der Waals surface area contributed by atoms with Crippen LogP contribution >= 0.6 is 0 Å². The molecule has 140 valence electrons. The van der Waals surface area contributed by atoms with Crippen LogP contribution in [0.15, 0.2) is 24.3 Å². The molecule has 0 spiro atoms. The molecule has 1 heterocycles. The molecule has 25 heavy (non-hydrogen) atoms. The van der Waals surface area contributed by atoms with Gasteiger partial charge in [-0.05, 0) is 31.4 Å². The molecule has 1 unspecified atom stereocenters. The van der Waals surface area contributed by atoms with E-state index >= 15 is 0 Å². The number of hydrogen-bond donors (Lipinski definition) is 3. The number of nitrogens with one attached hydrogen (secondary N) is 2. The van der Waals surface area contributed by atoms with Crippen LogP contribution in [0.25, 0.3) is 0 Å². The van der Waals surface area contributed by atoms with Crippen molar-refractivity contribution >= 4 is 21.7 Å². The Labute approximate surface area is 148 Å². The van der Waals surface area contributed by atoms with Crippen LogP contribution in [0.3, 0.4) is 0 Å². The van der Waals surface area contributed by atoms with Crippen LogP contribution in [0.5, 0.6) is 5.75 Å². The zero-order valence-corrected chi connectivity index (χ0v) is 15.3. The summed E-state index contributed by atoms with van der Waals surface area (Å²) in [5.74, 6) is 0.648. The molecule has 2 amide bonds. The summed E-state index contributed by atoms with van der Waals surface area (Å²) < 4.78 is 29.9. The van der Waals surface area contributed by atoms with Gasteiger partial charge in [-0.25, -0.2) is 17.9 Å². The average molecular weight is 371 g/mol. The highest BCUT2D eigenvalue weighted by atomic mass is 32.2. The molecular formula is C16H25N3O5S. The molecule has 9 heteroatoms. The van der Waals surface area contributed by atoms with Crippen LogP contribution in [0.2, 0.25) is 0 Å². The van der Waals surface area contributed by atoms with Gasteiger partial charge < -0.3 is 20.1 Å². The standard InChI is InChI=1S/C16H25N3O5S/c1-24-14-6-3-5-13(11-14)18-15(20)19-9-4-7-16(21,8-10-19)12-17-25(2,22)23/h3,5-6,11,17,21H,4,7-10,12H2,1-2H3,(H,18,20). The van der Waals surface area contributed by atoms with Gasteiger partial charge in [-0.2, -0.15) is 0 Å². The number of benzene rings is 1. The molecule has 0 saturated carbocycles. The Morgan fingerprint density at radius 1 is 1.36 bits per heavy atom. The Balaban J connectivity index is 1.94. The first-order chi connectivity index (χ1) is 11.7. The lowest BCUT2D eigenvalue weighted by molar-refractivity contribution is 0.0318. The molecule has 2 rings (SSSR count). The largest absolute Gasteiger partial charge is 0.497 e. The van der Waals surface area contributed by atoms with Crippen molar-refractivity contribution in [2.45, 2.75) is 24.9 Å². The van der Waals surface area contributed by atoms with Gasteiger partial charge in [-0.1, -0.05) is 6.07 Å². The van der Waals surface area contributed by atoms with Crippen LogP contribution < -0.4 is 14.8 Å². The third-order valence-corrected chi connectivity index (χ3v) is 4.86. The number of carbonyl (C=O) groups excluding carboxylic acids is 1. The molecule has 0 bridgehead atoms. The first-order valence-corrected chi connectivity index (χ1v) is 9.97. The van der Waals surface area contributed by atoms with Crippen molar-refractivity contribution in [3.63, 3.8) is 0 Å². The number of likely N-dealkylation sites (tertiary alicyclic amines) is 1. The zero-order chi connectivity index (χ0) is 18.5. The van der Waals surface area contributed by atoms with Crippen molar-refractivity contribution in [2.75, 3.05) is 38.3 Å². The van der Waals surface area contributed by atoms with Crippen molar-refractivity contribution in [1.29, 1.82) is 0 Å².